The molecule has 4 aliphatic heterocycles. The van der Waals surface area contributed by atoms with E-state index in [2.05, 4.69) is 59.6 Å². The summed E-state index contributed by atoms with van der Waals surface area (Å²) in [5.41, 5.74) is 2.80. The zero-order chi connectivity index (χ0) is 51.7. The molecule has 4 fully saturated rings. The van der Waals surface area contributed by atoms with Gasteiger partial charge >= 0.3 is 0 Å². The van der Waals surface area contributed by atoms with Gasteiger partial charge in [0.15, 0.2) is 0 Å². The average molecular weight is 1060 g/mol. The van der Waals surface area contributed by atoms with E-state index >= 15 is 0 Å². The van der Waals surface area contributed by atoms with Crippen LogP contribution in [0.4, 0.5) is 0 Å². The molecule has 3 aromatic carbocycles. The van der Waals surface area contributed by atoms with Crippen LogP contribution in [0.5, 0.6) is 0 Å². The first kappa shape index (κ1) is 55.6. The Morgan fingerprint density at radius 1 is 0.625 bits per heavy atom. The van der Waals surface area contributed by atoms with E-state index in [1.807, 2.05) is 123 Å². The molecule has 0 saturated carbocycles. The Balaban J connectivity index is 0.960. The monoisotopic (exact) mass is 1060 g/mol. The van der Waals surface area contributed by atoms with Crippen molar-refractivity contribution in [1.29, 1.82) is 0 Å². The number of benzene rings is 3. The van der Waals surface area contributed by atoms with Crippen molar-refractivity contribution in [3.8, 4) is 0 Å². The predicted octanol–water partition coefficient (Wildman–Crippen LogP) is 6.40. The summed E-state index contributed by atoms with van der Waals surface area (Å²) in [5, 5.41) is 19.3. The predicted molar refractivity (Wildman–Crippen MR) is 296 cm³/mol. The zero-order valence-corrected chi connectivity index (χ0v) is 46.2. The molecule has 4 saturated heterocycles. The molecular weight excluding hydrogens is 985 g/mol. The molecule has 14 nitrogen and oxygen atoms in total. The first-order valence-corrected chi connectivity index (χ1v) is 28.1. The summed E-state index contributed by atoms with van der Waals surface area (Å²) in [6.07, 6.45) is 2.66. The highest BCUT2D eigenvalue weighted by Crippen LogP contribution is 2.48. The lowest BCUT2D eigenvalue weighted by molar-refractivity contribution is -0.142. The Morgan fingerprint density at radius 2 is 0.986 bits per heavy atom. The molecule has 0 aromatic heterocycles. The SMILES string of the molecule is CN[C@@H](C)C(=S)N[C@H]1CCS[C@H]2CC(C)(C)[C@@H](C(=O)N[C@H](COCc3ccc(COC[C@@H](NC(=O)[C@H]4N5C(=O)[C@@H](NC(=S)[C@H](C)NC)CCS[C@H]5CC4(C)C)c4ccccc4)cc3)c3ccccc3)N2C1=O. The van der Waals surface area contributed by atoms with Crippen LogP contribution in [-0.4, -0.2) is 129 Å². The van der Waals surface area contributed by atoms with Gasteiger partial charge in [0, 0.05) is 0 Å². The second-order valence-electron chi connectivity index (χ2n) is 20.8. The van der Waals surface area contributed by atoms with Gasteiger partial charge in [-0.2, -0.15) is 0 Å². The number of ether oxygens (including phenoxy) is 2. The topological polar surface area (TPSA) is 165 Å². The summed E-state index contributed by atoms with van der Waals surface area (Å²) >= 11 is 14.7. The van der Waals surface area contributed by atoms with E-state index in [0.717, 1.165) is 33.8 Å². The van der Waals surface area contributed by atoms with Gasteiger partial charge in [0.05, 0.1) is 71.3 Å². The molecule has 0 unspecified atom stereocenters. The summed E-state index contributed by atoms with van der Waals surface area (Å²) in [5.74, 6) is 0.965. The molecule has 0 spiro atoms. The third kappa shape index (κ3) is 13.4. The smallest absolute Gasteiger partial charge is 0.246 e. The quantitative estimate of drug-likeness (QED) is 0.0689. The number of fused-ring (bicyclic) bond motifs is 2. The number of nitrogens with zero attached hydrogens (tertiary/aromatic N) is 2. The highest BCUT2D eigenvalue weighted by molar-refractivity contribution is 8.00. The molecular formula is C54H74N8O6S4. The van der Waals surface area contributed by atoms with Crippen LogP contribution in [0, 0.1) is 10.8 Å². The first-order chi connectivity index (χ1) is 34.4. The molecule has 10 atom stereocenters. The van der Waals surface area contributed by atoms with Crippen molar-refractivity contribution in [2.75, 3.05) is 38.8 Å². The minimum absolute atomic E-state index is 0.0901. The van der Waals surface area contributed by atoms with E-state index < -0.39 is 47.1 Å². The molecule has 18 heteroatoms. The number of nitrogens with one attached hydrogen (secondary N) is 6. The fourth-order valence-corrected chi connectivity index (χ4v) is 13.9. The molecule has 4 heterocycles. The van der Waals surface area contributed by atoms with E-state index in [9.17, 15) is 19.2 Å². The fraction of sp³-hybridized carbons (Fsp3) is 0.556. The van der Waals surface area contributed by atoms with Gasteiger partial charge in [0.25, 0.3) is 0 Å². The number of hydrogen-bond donors (Lipinski definition) is 6. The second-order valence-corrected chi connectivity index (χ2v) is 24.3. The average Bonchev–Trinajstić information content (AvgIpc) is 3.69. The maximum Gasteiger partial charge on any atom is 0.246 e. The fourth-order valence-electron chi connectivity index (χ4n) is 10.2. The Labute approximate surface area is 445 Å². The van der Waals surface area contributed by atoms with Crippen molar-refractivity contribution >= 4 is 81.6 Å². The van der Waals surface area contributed by atoms with Crippen LogP contribution in [0.25, 0.3) is 0 Å². The molecule has 72 heavy (non-hydrogen) atoms. The Kier molecular flexibility index (Phi) is 19.3. The van der Waals surface area contributed by atoms with E-state index in [4.69, 9.17) is 33.9 Å². The number of amides is 4. The maximum absolute atomic E-state index is 14.5. The molecule has 390 valence electrons. The Hall–Kier alpha value is -4.14. The number of rotatable bonds is 20. The summed E-state index contributed by atoms with van der Waals surface area (Å²) in [6, 6.07) is 24.1. The van der Waals surface area contributed by atoms with Crippen LogP contribution in [0.3, 0.4) is 0 Å². The van der Waals surface area contributed by atoms with Gasteiger partial charge in [-0.05, 0) is 98.2 Å². The largest absolute Gasteiger partial charge is 0.374 e. The lowest BCUT2D eigenvalue weighted by Gasteiger charge is -2.35. The third-order valence-corrected chi connectivity index (χ3v) is 18.0. The normalized spacial score (nSPS) is 25.2. The van der Waals surface area contributed by atoms with Crippen molar-refractivity contribution in [1.82, 2.24) is 41.7 Å². The number of hydrogen-bond acceptors (Lipinski definition) is 12. The lowest BCUT2D eigenvalue weighted by Crippen LogP contribution is -2.58. The molecule has 4 aliphatic rings. The number of carbonyl (C=O) groups is 4. The van der Waals surface area contributed by atoms with Crippen molar-refractivity contribution in [2.45, 2.75) is 140 Å². The minimum atomic E-state index is -0.676. The molecule has 3 aromatic rings. The van der Waals surface area contributed by atoms with Gasteiger partial charge in [-0.1, -0.05) is 137 Å². The van der Waals surface area contributed by atoms with Gasteiger partial charge in [0.2, 0.25) is 23.6 Å². The van der Waals surface area contributed by atoms with Crippen molar-refractivity contribution in [3.05, 3.63) is 107 Å². The van der Waals surface area contributed by atoms with Gasteiger partial charge < -0.3 is 51.2 Å². The number of thiocarbonyl (C=S) groups is 2. The zero-order valence-electron chi connectivity index (χ0n) is 42.9. The molecule has 7 rings (SSSR count). The van der Waals surface area contributed by atoms with Gasteiger partial charge in [-0.15, -0.1) is 23.5 Å². The minimum Gasteiger partial charge on any atom is -0.374 e. The maximum atomic E-state index is 14.5. The van der Waals surface area contributed by atoms with Crippen LogP contribution in [0.2, 0.25) is 0 Å². The van der Waals surface area contributed by atoms with Crippen molar-refractivity contribution < 1.29 is 28.7 Å². The van der Waals surface area contributed by atoms with Crippen LogP contribution in [0.15, 0.2) is 84.9 Å². The van der Waals surface area contributed by atoms with Gasteiger partial charge in [0.1, 0.15) is 24.2 Å². The Morgan fingerprint density at radius 3 is 1.33 bits per heavy atom. The molecule has 0 aliphatic carbocycles. The second kappa shape index (κ2) is 24.9. The first-order valence-electron chi connectivity index (χ1n) is 25.2. The highest BCUT2D eigenvalue weighted by atomic mass is 32.2. The summed E-state index contributed by atoms with van der Waals surface area (Å²) in [4.78, 5) is 62.4. The number of carbonyl (C=O) groups excluding carboxylic acids is 4. The van der Waals surface area contributed by atoms with Crippen LogP contribution >= 0.6 is 48.0 Å². The highest BCUT2D eigenvalue weighted by Gasteiger charge is 2.56. The van der Waals surface area contributed by atoms with E-state index in [0.29, 0.717) is 48.9 Å². The summed E-state index contributed by atoms with van der Waals surface area (Å²) in [6.45, 7) is 13.3. The van der Waals surface area contributed by atoms with Crippen molar-refractivity contribution in [2.24, 2.45) is 10.8 Å². The van der Waals surface area contributed by atoms with E-state index in [-0.39, 0.29) is 59.7 Å². The number of thioether (sulfide) groups is 2. The van der Waals surface area contributed by atoms with Crippen LogP contribution < -0.4 is 31.9 Å². The van der Waals surface area contributed by atoms with E-state index in [1.165, 1.54) is 0 Å². The van der Waals surface area contributed by atoms with Crippen LogP contribution in [-0.2, 0) is 41.9 Å². The standard InChI is InChI=1S/C54H74N8O6S4/c1-33(55-7)49(69)59-39-23-25-71-43-27-53(3,4)45(61(43)51(39)65)47(63)57-41(37-15-11-9-12-16-37)31-67-29-35-19-21-36(22-20-35)30-68-32-42(38-17-13-10-14-18-38)58-48(64)46-54(5,6)28-44-62(46)52(66)40(24-26-72-44)60-50(70)34(2)56-8/h9-22,33-34,39-46,55-56H,23-32H2,1-8H3,(H,57,63)(H,58,64)(H,59,69)(H,60,70)/t33-,34-,39-,40-,41+,42+,43-,44-,45+,46+/m0/s1. The Bertz CT molecular complexity index is 2200. The lowest BCUT2D eigenvalue weighted by atomic mass is 9.83. The summed E-state index contributed by atoms with van der Waals surface area (Å²) < 4.78 is 12.7. The van der Waals surface area contributed by atoms with Crippen LogP contribution in [0.1, 0.15) is 102 Å². The molecule has 0 radical (unpaired) electrons. The third-order valence-electron chi connectivity index (χ3n) is 14.5. The van der Waals surface area contributed by atoms with Gasteiger partial charge in [-0.3, -0.25) is 19.2 Å². The molecule has 6 N–H and O–H groups in total. The van der Waals surface area contributed by atoms with Gasteiger partial charge in [-0.25, -0.2) is 0 Å². The number of likely N-dealkylation sites (N-methyl/N-ethyl adjacent to an activating group) is 2. The molecule has 0 bridgehead atoms. The van der Waals surface area contributed by atoms with Crippen molar-refractivity contribution in [3.63, 3.8) is 0 Å². The van der Waals surface area contributed by atoms with E-state index in [1.54, 1.807) is 23.5 Å². The molecule has 4 amide bonds. The summed E-state index contributed by atoms with van der Waals surface area (Å²) in [7, 11) is 3.67.